The minimum Gasteiger partial charge on any atom is -0.466 e. The van der Waals surface area contributed by atoms with Gasteiger partial charge in [-0.2, -0.15) is 0 Å². The van der Waals surface area contributed by atoms with Crippen LogP contribution in [0.4, 0.5) is 0 Å². The predicted octanol–water partition coefficient (Wildman–Crippen LogP) is 2.02. The molecule has 0 amide bonds. The van der Waals surface area contributed by atoms with E-state index in [1.807, 2.05) is 0 Å². The molecule has 2 saturated carbocycles. The maximum absolute atomic E-state index is 12.1. The Kier molecular flexibility index (Phi) is 3.93. The number of ether oxygens (including phenoxy) is 2. The van der Waals surface area contributed by atoms with Crippen molar-refractivity contribution in [1.29, 1.82) is 0 Å². The minimum absolute atomic E-state index is 0.213. The Morgan fingerprint density at radius 3 is 2.11 bits per heavy atom. The molecule has 0 radical (unpaired) electrons. The predicted molar refractivity (Wildman–Crippen MR) is 65.6 cm³/mol. The van der Waals surface area contributed by atoms with Gasteiger partial charge in [-0.05, 0) is 44.4 Å². The Balaban J connectivity index is 2.16. The molecular weight excluding hydrogens is 232 g/mol. The van der Waals surface area contributed by atoms with Crippen molar-refractivity contribution < 1.29 is 19.1 Å². The zero-order valence-corrected chi connectivity index (χ0v) is 11.3. The first-order chi connectivity index (χ1) is 8.60. The molecule has 2 aliphatic carbocycles. The summed E-state index contributed by atoms with van der Waals surface area (Å²) in [7, 11) is 0. The molecule has 0 saturated heterocycles. The van der Waals surface area contributed by atoms with E-state index >= 15 is 0 Å². The van der Waals surface area contributed by atoms with Crippen LogP contribution in [0.3, 0.4) is 0 Å². The van der Waals surface area contributed by atoms with Gasteiger partial charge in [-0.3, -0.25) is 9.59 Å². The number of carbonyl (C=O) groups excluding carboxylic acids is 2. The van der Waals surface area contributed by atoms with Crippen molar-refractivity contribution in [2.45, 2.75) is 33.6 Å². The van der Waals surface area contributed by atoms with Gasteiger partial charge < -0.3 is 9.47 Å². The molecule has 2 bridgehead atoms. The summed E-state index contributed by atoms with van der Waals surface area (Å²) in [5.74, 6) is 0.129. The van der Waals surface area contributed by atoms with Gasteiger partial charge in [0.05, 0.1) is 25.0 Å². The van der Waals surface area contributed by atoms with Crippen molar-refractivity contribution in [3.63, 3.8) is 0 Å². The van der Waals surface area contributed by atoms with E-state index in [2.05, 4.69) is 6.92 Å². The van der Waals surface area contributed by atoms with E-state index in [1.54, 1.807) is 13.8 Å². The molecule has 102 valence electrons. The Hall–Kier alpha value is -1.06. The van der Waals surface area contributed by atoms with Crippen molar-refractivity contribution in [2.75, 3.05) is 13.2 Å². The Labute approximate surface area is 108 Å². The van der Waals surface area contributed by atoms with Gasteiger partial charge in [0.15, 0.2) is 0 Å². The molecule has 4 nitrogen and oxygen atoms in total. The number of hydrogen-bond acceptors (Lipinski definition) is 4. The van der Waals surface area contributed by atoms with E-state index in [4.69, 9.17) is 9.47 Å². The van der Waals surface area contributed by atoms with Gasteiger partial charge in [0.25, 0.3) is 0 Å². The SMILES string of the molecule is CCOC(=O)C1C2CC(C)C(C2)C1C(=O)OCC. The van der Waals surface area contributed by atoms with E-state index < -0.39 is 0 Å². The summed E-state index contributed by atoms with van der Waals surface area (Å²) in [4.78, 5) is 24.1. The second-order valence-electron chi connectivity index (χ2n) is 5.43. The second-order valence-corrected chi connectivity index (χ2v) is 5.43. The molecule has 4 heteroatoms. The largest absolute Gasteiger partial charge is 0.466 e. The molecule has 0 aliphatic heterocycles. The Morgan fingerprint density at radius 1 is 1.00 bits per heavy atom. The van der Waals surface area contributed by atoms with Gasteiger partial charge >= 0.3 is 11.9 Å². The van der Waals surface area contributed by atoms with Crippen LogP contribution in [0, 0.1) is 29.6 Å². The zero-order valence-electron chi connectivity index (χ0n) is 11.3. The second kappa shape index (κ2) is 5.29. The van der Waals surface area contributed by atoms with Gasteiger partial charge in [0.1, 0.15) is 0 Å². The highest BCUT2D eigenvalue weighted by atomic mass is 16.5. The van der Waals surface area contributed by atoms with Crippen molar-refractivity contribution in [2.24, 2.45) is 29.6 Å². The van der Waals surface area contributed by atoms with E-state index in [9.17, 15) is 9.59 Å². The summed E-state index contributed by atoms with van der Waals surface area (Å²) in [5.41, 5.74) is 0. The Bertz CT molecular complexity index is 339. The lowest BCUT2D eigenvalue weighted by atomic mass is 9.74. The number of rotatable bonds is 4. The molecule has 18 heavy (non-hydrogen) atoms. The lowest BCUT2D eigenvalue weighted by Crippen LogP contribution is -2.39. The normalized spacial score (nSPS) is 37.6. The smallest absolute Gasteiger partial charge is 0.310 e. The lowest BCUT2D eigenvalue weighted by Gasteiger charge is -2.31. The molecule has 2 aliphatic rings. The molecule has 0 heterocycles. The highest BCUT2D eigenvalue weighted by molar-refractivity contribution is 5.83. The molecule has 0 aromatic heterocycles. The first kappa shape index (κ1) is 13.4. The monoisotopic (exact) mass is 254 g/mol. The molecular formula is C14H22O4. The molecule has 5 atom stereocenters. The minimum atomic E-state index is -0.280. The van der Waals surface area contributed by atoms with Crippen LogP contribution in [0.5, 0.6) is 0 Å². The molecule has 0 aromatic rings. The van der Waals surface area contributed by atoms with Crippen LogP contribution in [-0.4, -0.2) is 25.2 Å². The summed E-state index contributed by atoms with van der Waals surface area (Å²) < 4.78 is 10.3. The van der Waals surface area contributed by atoms with Gasteiger partial charge in [-0.25, -0.2) is 0 Å². The van der Waals surface area contributed by atoms with E-state index in [1.165, 1.54) is 0 Å². The van der Waals surface area contributed by atoms with Crippen LogP contribution in [-0.2, 0) is 19.1 Å². The van der Waals surface area contributed by atoms with Crippen LogP contribution in [0.25, 0.3) is 0 Å². The quantitative estimate of drug-likeness (QED) is 0.720. The number of fused-ring (bicyclic) bond motifs is 2. The first-order valence-electron chi connectivity index (χ1n) is 6.93. The van der Waals surface area contributed by atoms with Crippen LogP contribution in [0.2, 0.25) is 0 Å². The highest BCUT2D eigenvalue weighted by Gasteiger charge is 2.57. The van der Waals surface area contributed by atoms with Crippen molar-refractivity contribution >= 4 is 11.9 Å². The number of hydrogen-bond donors (Lipinski definition) is 0. The van der Waals surface area contributed by atoms with E-state index in [-0.39, 0.29) is 23.8 Å². The molecule has 2 rings (SSSR count). The van der Waals surface area contributed by atoms with Crippen molar-refractivity contribution in [3.8, 4) is 0 Å². The van der Waals surface area contributed by atoms with Gasteiger partial charge in [-0.1, -0.05) is 6.92 Å². The molecule has 5 unspecified atom stereocenters. The molecule has 2 fully saturated rings. The van der Waals surface area contributed by atoms with E-state index in [0.29, 0.717) is 31.0 Å². The van der Waals surface area contributed by atoms with Gasteiger partial charge in [0, 0.05) is 0 Å². The maximum Gasteiger partial charge on any atom is 0.310 e. The maximum atomic E-state index is 12.1. The fourth-order valence-electron chi connectivity index (χ4n) is 3.82. The average molecular weight is 254 g/mol. The fourth-order valence-corrected chi connectivity index (χ4v) is 3.82. The molecule has 0 spiro atoms. The fraction of sp³-hybridized carbons (Fsp3) is 0.857. The van der Waals surface area contributed by atoms with Crippen LogP contribution < -0.4 is 0 Å². The van der Waals surface area contributed by atoms with E-state index in [0.717, 1.165) is 12.8 Å². The summed E-state index contributed by atoms with van der Waals surface area (Å²) in [6.45, 7) is 6.51. The molecule has 0 N–H and O–H groups in total. The summed E-state index contributed by atoms with van der Waals surface area (Å²) in [6.07, 6.45) is 2.00. The van der Waals surface area contributed by atoms with Crippen molar-refractivity contribution in [3.05, 3.63) is 0 Å². The van der Waals surface area contributed by atoms with Crippen molar-refractivity contribution in [1.82, 2.24) is 0 Å². The van der Waals surface area contributed by atoms with Crippen LogP contribution in [0.1, 0.15) is 33.6 Å². The third-order valence-electron chi connectivity index (χ3n) is 4.45. The number of carbonyl (C=O) groups is 2. The third-order valence-corrected chi connectivity index (χ3v) is 4.45. The standard InChI is InChI=1S/C14H22O4/c1-4-17-13(15)11-9-6-8(3)10(7-9)12(11)14(16)18-5-2/h8-12H,4-7H2,1-3H3. The lowest BCUT2D eigenvalue weighted by molar-refractivity contribution is -0.163. The zero-order chi connectivity index (χ0) is 13.3. The van der Waals surface area contributed by atoms with Gasteiger partial charge in [-0.15, -0.1) is 0 Å². The Morgan fingerprint density at radius 2 is 1.56 bits per heavy atom. The first-order valence-corrected chi connectivity index (χ1v) is 6.93. The van der Waals surface area contributed by atoms with Crippen LogP contribution >= 0.6 is 0 Å². The summed E-state index contributed by atoms with van der Waals surface area (Å²) >= 11 is 0. The molecule has 0 aromatic carbocycles. The summed E-state index contributed by atoms with van der Waals surface area (Å²) in [6, 6.07) is 0. The third kappa shape index (κ3) is 2.13. The topological polar surface area (TPSA) is 52.6 Å². The van der Waals surface area contributed by atoms with Crippen LogP contribution in [0.15, 0.2) is 0 Å². The van der Waals surface area contributed by atoms with Gasteiger partial charge in [0.2, 0.25) is 0 Å². The highest BCUT2D eigenvalue weighted by Crippen LogP contribution is 2.55. The number of esters is 2. The summed E-state index contributed by atoms with van der Waals surface area (Å²) in [5, 5.41) is 0. The average Bonchev–Trinajstić information content (AvgIpc) is 2.85.